The van der Waals surface area contributed by atoms with Gasteiger partial charge in [0.25, 0.3) is 0 Å². The van der Waals surface area contributed by atoms with Gasteiger partial charge in [-0.2, -0.15) is 0 Å². The molecular weight excluding hydrogens is 340 g/mol. The third-order valence-corrected chi connectivity index (χ3v) is 5.75. The number of rotatable bonds is 6. The normalized spacial score (nSPS) is 37.7. The Morgan fingerprint density at radius 1 is 1.23 bits per heavy atom. The first-order chi connectivity index (χ1) is 12.1. The molecule has 0 aromatic heterocycles. The minimum Gasteiger partial charge on any atom is -0.394 e. The van der Waals surface area contributed by atoms with Crippen molar-refractivity contribution in [2.24, 2.45) is 5.41 Å². The van der Waals surface area contributed by atoms with E-state index in [-0.39, 0.29) is 17.3 Å². The third kappa shape index (κ3) is 4.35. The smallest absolute Gasteiger partial charge is 0.187 e. The van der Waals surface area contributed by atoms with Gasteiger partial charge in [0.05, 0.1) is 12.7 Å². The van der Waals surface area contributed by atoms with E-state index in [0.29, 0.717) is 12.8 Å². The quantitative estimate of drug-likeness (QED) is 0.507. The van der Waals surface area contributed by atoms with Gasteiger partial charge in [-0.05, 0) is 33.1 Å². The Kier molecular flexibility index (Phi) is 6.98. The zero-order chi connectivity index (χ0) is 19.6. The molecule has 26 heavy (non-hydrogen) atoms. The van der Waals surface area contributed by atoms with Crippen molar-refractivity contribution >= 4 is 5.78 Å². The zero-order valence-corrected chi connectivity index (χ0v) is 16.0. The molecule has 1 saturated heterocycles. The minimum atomic E-state index is -1.45. The molecule has 6 unspecified atom stereocenters. The molecule has 1 aliphatic carbocycles. The fraction of sp³-hybridized carbons (Fsp3) is 0.842. The van der Waals surface area contributed by atoms with Crippen LogP contribution in [0.1, 0.15) is 53.4 Å². The fourth-order valence-electron chi connectivity index (χ4n) is 4.02. The second-order valence-electron chi connectivity index (χ2n) is 8.04. The summed E-state index contributed by atoms with van der Waals surface area (Å²) < 4.78 is 11.5. The maximum absolute atomic E-state index is 11.4. The molecule has 0 saturated carbocycles. The average molecular weight is 372 g/mol. The molecule has 150 valence electrons. The lowest BCUT2D eigenvalue weighted by Crippen LogP contribution is -2.60. The molecule has 0 radical (unpaired) electrons. The van der Waals surface area contributed by atoms with Crippen molar-refractivity contribution in [3.05, 3.63) is 11.1 Å². The van der Waals surface area contributed by atoms with Gasteiger partial charge in [-0.15, -0.1) is 0 Å². The summed E-state index contributed by atoms with van der Waals surface area (Å²) >= 11 is 0. The summed E-state index contributed by atoms with van der Waals surface area (Å²) in [7, 11) is 0. The second-order valence-corrected chi connectivity index (χ2v) is 8.04. The fourth-order valence-corrected chi connectivity index (χ4v) is 4.02. The molecule has 4 N–H and O–H groups in total. The van der Waals surface area contributed by atoms with E-state index in [0.717, 1.165) is 12.8 Å². The number of hydrogen-bond acceptors (Lipinski definition) is 7. The van der Waals surface area contributed by atoms with E-state index >= 15 is 0 Å². The van der Waals surface area contributed by atoms with Crippen molar-refractivity contribution in [3.63, 3.8) is 0 Å². The van der Waals surface area contributed by atoms with Crippen LogP contribution in [-0.4, -0.2) is 69.6 Å². The Labute approximate surface area is 154 Å². The number of ether oxygens (including phenoxy) is 2. The predicted molar refractivity (Wildman–Crippen MR) is 94.3 cm³/mol. The molecule has 0 amide bonds. The number of allylic oxidation sites excluding steroid dienone is 1. The van der Waals surface area contributed by atoms with Gasteiger partial charge in [0.15, 0.2) is 6.29 Å². The van der Waals surface area contributed by atoms with Crippen LogP contribution in [0.2, 0.25) is 0 Å². The van der Waals surface area contributed by atoms with Gasteiger partial charge in [0.1, 0.15) is 30.2 Å². The zero-order valence-electron chi connectivity index (χ0n) is 16.0. The number of aliphatic hydroxyl groups excluding tert-OH is 4. The molecule has 0 bridgehead atoms. The second kappa shape index (κ2) is 8.46. The van der Waals surface area contributed by atoms with E-state index in [2.05, 4.69) is 6.92 Å². The summed E-state index contributed by atoms with van der Waals surface area (Å²) in [6.45, 7) is 7.25. The van der Waals surface area contributed by atoms with Crippen LogP contribution in [0.25, 0.3) is 0 Å². The molecule has 1 heterocycles. The van der Waals surface area contributed by atoms with Crippen molar-refractivity contribution in [1.82, 2.24) is 0 Å². The van der Waals surface area contributed by atoms with E-state index < -0.39 is 37.3 Å². The average Bonchev–Trinajstić information content (AvgIpc) is 2.56. The molecule has 7 heteroatoms. The Bertz CT molecular complexity index is 540. The van der Waals surface area contributed by atoms with Gasteiger partial charge >= 0.3 is 0 Å². The van der Waals surface area contributed by atoms with Crippen molar-refractivity contribution in [2.75, 3.05) is 6.61 Å². The lowest BCUT2D eigenvalue weighted by atomic mass is 9.69. The Balaban J connectivity index is 2.14. The van der Waals surface area contributed by atoms with Gasteiger partial charge in [0, 0.05) is 11.8 Å². The highest BCUT2D eigenvalue weighted by Crippen LogP contribution is 2.45. The molecule has 2 aliphatic rings. The molecular formula is C19H32O7. The number of aliphatic hydroxyl groups is 4. The number of carbonyl (C=O) groups is 1. The van der Waals surface area contributed by atoms with Crippen molar-refractivity contribution < 1.29 is 34.7 Å². The van der Waals surface area contributed by atoms with Gasteiger partial charge in [-0.3, -0.25) is 0 Å². The topological polar surface area (TPSA) is 116 Å². The number of Topliss-reactive ketones (excluding diaryl/α,β-unsaturated/α-hetero) is 1. The highest BCUT2D eigenvalue weighted by Gasteiger charge is 2.47. The van der Waals surface area contributed by atoms with Crippen LogP contribution < -0.4 is 0 Å². The molecule has 0 spiro atoms. The van der Waals surface area contributed by atoms with Crippen LogP contribution in [0.4, 0.5) is 0 Å². The van der Waals surface area contributed by atoms with Crippen LogP contribution in [0, 0.1) is 5.41 Å². The Hall–Kier alpha value is -0.830. The maximum Gasteiger partial charge on any atom is 0.187 e. The van der Waals surface area contributed by atoms with E-state index in [1.54, 1.807) is 6.92 Å². The molecule has 1 aliphatic heterocycles. The lowest BCUT2D eigenvalue weighted by molar-refractivity contribution is -0.318. The molecule has 6 atom stereocenters. The molecule has 0 aromatic carbocycles. The van der Waals surface area contributed by atoms with Gasteiger partial charge in [-0.25, -0.2) is 0 Å². The first-order valence-corrected chi connectivity index (χ1v) is 9.24. The monoisotopic (exact) mass is 372 g/mol. The Morgan fingerprint density at radius 2 is 1.88 bits per heavy atom. The van der Waals surface area contributed by atoms with Crippen molar-refractivity contribution in [3.8, 4) is 0 Å². The minimum absolute atomic E-state index is 0.137. The summed E-state index contributed by atoms with van der Waals surface area (Å²) in [6.07, 6.45) is -3.98. The van der Waals surface area contributed by atoms with E-state index in [9.17, 15) is 25.2 Å². The highest BCUT2D eigenvalue weighted by atomic mass is 16.7. The van der Waals surface area contributed by atoms with E-state index in [4.69, 9.17) is 9.47 Å². The van der Waals surface area contributed by atoms with Crippen LogP contribution in [0.15, 0.2) is 11.1 Å². The number of ketones is 1. The molecule has 2 rings (SSSR count). The predicted octanol–water partition coefficient (Wildman–Crippen LogP) is 0.677. The number of carbonyl (C=O) groups excluding carboxylic acids is 1. The van der Waals surface area contributed by atoms with Crippen LogP contribution in [0.5, 0.6) is 0 Å². The summed E-state index contributed by atoms with van der Waals surface area (Å²) in [5, 5.41) is 39.4. The summed E-state index contributed by atoms with van der Waals surface area (Å²) in [6, 6.07) is 0. The van der Waals surface area contributed by atoms with Gasteiger partial charge in [-0.1, -0.05) is 25.0 Å². The summed E-state index contributed by atoms with van der Waals surface area (Å²) in [5.41, 5.74) is 2.06. The summed E-state index contributed by atoms with van der Waals surface area (Å²) in [4.78, 5) is 11.4. The van der Waals surface area contributed by atoms with Crippen molar-refractivity contribution in [1.29, 1.82) is 0 Å². The molecule has 7 nitrogen and oxygen atoms in total. The molecule has 0 aromatic rings. The molecule has 1 fully saturated rings. The van der Waals surface area contributed by atoms with E-state index in [1.165, 1.54) is 11.1 Å². The van der Waals surface area contributed by atoms with Crippen LogP contribution >= 0.6 is 0 Å². The van der Waals surface area contributed by atoms with Crippen LogP contribution in [0.3, 0.4) is 0 Å². The van der Waals surface area contributed by atoms with Crippen LogP contribution in [-0.2, 0) is 14.3 Å². The first kappa shape index (κ1) is 21.5. The van der Waals surface area contributed by atoms with Gasteiger partial charge < -0.3 is 34.7 Å². The Morgan fingerprint density at radius 3 is 2.46 bits per heavy atom. The first-order valence-electron chi connectivity index (χ1n) is 9.24. The SMILES string of the molecule is CC(=O)CCC1=C(C)CCC(OC2OC(CO)C(O)C(O)C2O)C1(C)C. The largest absolute Gasteiger partial charge is 0.394 e. The van der Waals surface area contributed by atoms with Crippen molar-refractivity contribution in [2.45, 2.75) is 90.2 Å². The van der Waals surface area contributed by atoms with Gasteiger partial charge in [0.2, 0.25) is 0 Å². The highest BCUT2D eigenvalue weighted by molar-refractivity contribution is 5.75. The van der Waals surface area contributed by atoms with E-state index in [1.807, 2.05) is 13.8 Å². The maximum atomic E-state index is 11.4. The lowest BCUT2D eigenvalue weighted by Gasteiger charge is -2.46. The number of hydrogen-bond donors (Lipinski definition) is 4. The standard InChI is InChI=1S/C19H32O7/c1-10-5-8-14(19(3,4)12(10)7-6-11(2)21)26-18-17(24)16(23)15(22)13(9-20)25-18/h13-18,20,22-24H,5-9H2,1-4H3. The third-order valence-electron chi connectivity index (χ3n) is 5.75. The summed E-state index contributed by atoms with van der Waals surface area (Å²) in [5.74, 6) is 0.137.